The minimum atomic E-state index is -0.162. The summed E-state index contributed by atoms with van der Waals surface area (Å²) in [6.07, 6.45) is 5.92. The number of pyridine rings is 2. The molecule has 2 heterocycles. The van der Waals surface area contributed by atoms with Gasteiger partial charge in [-0.2, -0.15) is 0 Å². The molecular formula is C19H24N4O2. The quantitative estimate of drug-likeness (QED) is 0.772. The molecule has 132 valence electrons. The van der Waals surface area contributed by atoms with Gasteiger partial charge in [-0.1, -0.05) is 6.07 Å². The summed E-state index contributed by atoms with van der Waals surface area (Å²) in [5.41, 5.74) is 1.46. The van der Waals surface area contributed by atoms with E-state index in [1.807, 2.05) is 26.0 Å². The van der Waals surface area contributed by atoms with Crippen LogP contribution in [0.3, 0.4) is 0 Å². The van der Waals surface area contributed by atoms with Gasteiger partial charge >= 0.3 is 0 Å². The molecule has 0 bridgehead atoms. The predicted molar refractivity (Wildman–Crippen MR) is 96.6 cm³/mol. The molecule has 1 amide bonds. The Morgan fingerprint density at radius 1 is 1.28 bits per heavy atom. The molecule has 0 spiro atoms. The average Bonchev–Trinajstić information content (AvgIpc) is 3.43. The minimum absolute atomic E-state index is 0.162. The van der Waals surface area contributed by atoms with E-state index in [9.17, 15) is 4.79 Å². The Bertz CT molecular complexity index is 712. The topological polar surface area (TPSA) is 76.1 Å². The lowest BCUT2D eigenvalue weighted by Gasteiger charge is -2.13. The van der Waals surface area contributed by atoms with Crippen molar-refractivity contribution in [3.05, 3.63) is 47.8 Å². The average molecular weight is 340 g/mol. The second-order valence-electron chi connectivity index (χ2n) is 6.64. The van der Waals surface area contributed by atoms with E-state index < -0.39 is 0 Å². The molecular weight excluding hydrogens is 316 g/mol. The van der Waals surface area contributed by atoms with E-state index in [2.05, 4.69) is 20.6 Å². The predicted octanol–water partition coefficient (Wildman–Crippen LogP) is 3.02. The lowest BCUT2D eigenvalue weighted by Crippen LogP contribution is -2.25. The summed E-state index contributed by atoms with van der Waals surface area (Å²) in [6, 6.07) is 7.49. The van der Waals surface area contributed by atoms with E-state index in [1.54, 1.807) is 24.5 Å². The van der Waals surface area contributed by atoms with Crippen molar-refractivity contribution < 1.29 is 9.53 Å². The molecule has 6 heteroatoms. The van der Waals surface area contributed by atoms with Crippen LogP contribution >= 0.6 is 0 Å². The van der Waals surface area contributed by atoms with Crippen molar-refractivity contribution in [1.29, 1.82) is 0 Å². The molecule has 2 aromatic rings. The van der Waals surface area contributed by atoms with Crippen LogP contribution in [0.1, 0.15) is 42.6 Å². The maximum atomic E-state index is 12.4. The number of nitrogens with one attached hydrogen (secondary N) is 2. The molecule has 1 aliphatic rings. The number of ether oxygens (including phenoxy) is 1. The molecule has 2 N–H and O–H groups in total. The summed E-state index contributed by atoms with van der Waals surface area (Å²) in [6.45, 7) is 5.17. The molecule has 2 aromatic heterocycles. The number of nitrogens with zero attached hydrogens (tertiary/aromatic N) is 2. The smallest absolute Gasteiger partial charge is 0.255 e. The van der Waals surface area contributed by atoms with Gasteiger partial charge in [0.1, 0.15) is 5.82 Å². The second-order valence-corrected chi connectivity index (χ2v) is 6.64. The monoisotopic (exact) mass is 340 g/mol. The normalized spacial score (nSPS) is 13.6. The zero-order valence-electron chi connectivity index (χ0n) is 14.7. The highest BCUT2D eigenvalue weighted by Crippen LogP contribution is 2.29. The number of anilines is 1. The molecule has 3 rings (SSSR count). The Kier molecular flexibility index (Phi) is 5.48. The molecule has 6 nitrogen and oxygen atoms in total. The van der Waals surface area contributed by atoms with Gasteiger partial charge in [0.15, 0.2) is 0 Å². The third kappa shape index (κ3) is 5.17. The van der Waals surface area contributed by atoms with Crippen LogP contribution < -0.4 is 15.4 Å². The second kappa shape index (κ2) is 7.96. The molecule has 1 aliphatic carbocycles. The van der Waals surface area contributed by atoms with Crippen LogP contribution in [0, 0.1) is 5.92 Å². The van der Waals surface area contributed by atoms with Gasteiger partial charge in [0.05, 0.1) is 12.2 Å². The minimum Gasteiger partial charge on any atom is -0.477 e. The molecule has 0 unspecified atom stereocenters. The zero-order chi connectivity index (χ0) is 17.6. The van der Waals surface area contributed by atoms with Crippen LogP contribution in [-0.2, 0) is 6.54 Å². The summed E-state index contributed by atoms with van der Waals surface area (Å²) in [7, 11) is 0. The van der Waals surface area contributed by atoms with Crippen molar-refractivity contribution in [3.63, 3.8) is 0 Å². The largest absolute Gasteiger partial charge is 0.477 e. The Morgan fingerprint density at radius 3 is 2.80 bits per heavy atom. The Hall–Kier alpha value is -2.63. The van der Waals surface area contributed by atoms with E-state index in [0.29, 0.717) is 29.7 Å². The first-order valence-electron chi connectivity index (χ1n) is 8.69. The van der Waals surface area contributed by atoms with Crippen LogP contribution in [0.4, 0.5) is 5.82 Å². The number of carbonyl (C=O) groups excluding carboxylic acids is 1. The number of rotatable bonds is 8. The van der Waals surface area contributed by atoms with Crippen molar-refractivity contribution in [2.45, 2.75) is 39.3 Å². The van der Waals surface area contributed by atoms with Crippen molar-refractivity contribution in [2.24, 2.45) is 5.92 Å². The van der Waals surface area contributed by atoms with Gasteiger partial charge in [-0.3, -0.25) is 4.79 Å². The Balaban J connectivity index is 1.55. The number of aromatic nitrogens is 2. The van der Waals surface area contributed by atoms with E-state index in [4.69, 9.17) is 4.74 Å². The number of hydrogen-bond acceptors (Lipinski definition) is 5. The first-order valence-corrected chi connectivity index (χ1v) is 8.69. The highest BCUT2D eigenvalue weighted by Gasteiger charge is 2.22. The molecule has 0 atom stereocenters. The van der Waals surface area contributed by atoms with Crippen molar-refractivity contribution in [2.75, 3.05) is 11.9 Å². The van der Waals surface area contributed by atoms with Gasteiger partial charge in [0, 0.05) is 31.0 Å². The standard InChI is InChI=1S/C19H24N4O2/c1-13(2)23-18-16(4-3-9-20-18)19(24)22-11-15-7-8-17(21-10-15)25-12-14-5-6-14/h3-4,7-10,13-14H,5-6,11-12H2,1-2H3,(H,20,23)(H,22,24). The fraction of sp³-hybridized carbons (Fsp3) is 0.421. The first kappa shape index (κ1) is 17.2. The van der Waals surface area contributed by atoms with Gasteiger partial charge in [-0.25, -0.2) is 9.97 Å². The van der Waals surface area contributed by atoms with Crippen LogP contribution in [0.2, 0.25) is 0 Å². The third-order valence-electron chi connectivity index (χ3n) is 3.89. The molecule has 0 aliphatic heterocycles. The van der Waals surface area contributed by atoms with Crippen molar-refractivity contribution >= 4 is 11.7 Å². The maximum absolute atomic E-state index is 12.4. The number of hydrogen-bond donors (Lipinski definition) is 2. The van der Waals surface area contributed by atoms with E-state index in [-0.39, 0.29) is 11.9 Å². The molecule has 25 heavy (non-hydrogen) atoms. The van der Waals surface area contributed by atoms with Crippen molar-refractivity contribution in [3.8, 4) is 5.88 Å². The van der Waals surface area contributed by atoms with Gasteiger partial charge in [0.2, 0.25) is 5.88 Å². The fourth-order valence-electron chi connectivity index (χ4n) is 2.34. The van der Waals surface area contributed by atoms with Gasteiger partial charge in [0.25, 0.3) is 5.91 Å². The molecule has 1 saturated carbocycles. The lowest BCUT2D eigenvalue weighted by atomic mass is 10.2. The Labute approximate surface area is 148 Å². The number of amides is 1. The number of carbonyl (C=O) groups is 1. The van der Waals surface area contributed by atoms with Crippen LogP contribution in [0.15, 0.2) is 36.7 Å². The molecule has 0 saturated heterocycles. The van der Waals surface area contributed by atoms with Crippen LogP contribution in [0.25, 0.3) is 0 Å². The Morgan fingerprint density at radius 2 is 2.12 bits per heavy atom. The summed E-state index contributed by atoms with van der Waals surface area (Å²) < 4.78 is 5.62. The highest BCUT2D eigenvalue weighted by atomic mass is 16.5. The van der Waals surface area contributed by atoms with Crippen LogP contribution in [0.5, 0.6) is 5.88 Å². The van der Waals surface area contributed by atoms with E-state index in [0.717, 1.165) is 12.2 Å². The summed E-state index contributed by atoms with van der Waals surface area (Å²) in [5, 5.41) is 6.10. The third-order valence-corrected chi connectivity index (χ3v) is 3.89. The SMILES string of the molecule is CC(C)Nc1ncccc1C(=O)NCc1ccc(OCC2CC2)nc1. The summed E-state index contributed by atoms with van der Waals surface area (Å²) in [4.78, 5) is 21.0. The van der Waals surface area contributed by atoms with E-state index >= 15 is 0 Å². The zero-order valence-corrected chi connectivity index (χ0v) is 14.7. The first-order chi connectivity index (χ1) is 12.1. The molecule has 0 radical (unpaired) electrons. The maximum Gasteiger partial charge on any atom is 0.255 e. The summed E-state index contributed by atoms with van der Waals surface area (Å²) >= 11 is 0. The fourth-order valence-corrected chi connectivity index (χ4v) is 2.34. The molecule has 0 aromatic carbocycles. The lowest BCUT2D eigenvalue weighted by molar-refractivity contribution is 0.0951. The van der Waals surface area contributed by atoms with Gasteiger partial charge in [-0.15, -0.1) is 0 Å². The van der Waals surface area contributed by atoms with Crippen LogP contribution in [-0.4, -0.2) is 28.5 Å². The highest BCUT2D eigenvalue weighted by molar-refractivity contribution is 5.98. The van der Waals surface area contributed by atoms with Gasteiger partial charge in [-0.05, 0) is 50.3 Å². The van der Waals surface area contributed by atoms with Gasteiger partial charge < -0.3 is 15.4 Å². The van der Waals surface area contributed by atoms with E-state index in [1.165, 1.54) is 12.8 Å². The summed E-state index contributed by atoms with van der Waals surface area (Å²) in [5.74, 6) is 1.77. The molecule has 1 fully saturated rings. The van der Waals surface area contributed by atoms with Crippen molar-refractivity contribution in [1.82, 2.24) is 15.3 Å².